The lowest BCUT2D eigenvalue weighted by atomic mass is 10.4. The molecule has 0 bridgehead atoms. The normalized spacial score (nSPS) is 19.4. The number of hydrogen-bond donors (Lipinski definition) is 3. The molecule has 0 spiro atoms. The Kier molecular flexibility index (Phi) is 6.74. The maximum atomic E-state index is 11.3. The van der Waals surface area contributed by atoms with Crippen LogP contribution in [-0.4, -0.2) is 39.1 Å². The first-order valence-corrected chi connectivity index (χ1v) is 6.68. The van der Waals surface area contributed by atoms with Gasteiger partial charge in [0.1, 0.15) is 18.2 Å². The molecule has 102 valence electrons. The summed E-state index contributed by atoms with van der Waals surface area (Å²) in [6.07, 6.45) is -0.686. The number of aliphatic hydroxyl groups is 2. The predicted octanol–water partition coefficient (Wildman–Crippen LogP) is 0.980. The van der Waals surface area contributed by atoms with Crippen molar-refractivity contribution in [1.29, 1.82) is 0 Å². The van der Waals surface area contributed by atoms with Gasteiger partial charge in [0.25, 0.3) is 0 Å². The molecule has 3 atom stereocenters. The SMILES string of the molecule is CCOP(=O)(O)O/C(C)=C/N(C(C)O)C(C)O. The van der Waals surface area contributed by atoms with Gasteiger partial charge in [-0.25, -0.2) is 4.57 Å². The van der Waals surface area contributed by atoms with Crippen molar-refractivity contribution in [1.82, 2.24) is 4.90 Å². The highest BCUT2D eigenvalue weighted by molar-refractivity contribution is 7.47. The van der Waals surface area contributed by atoms with Crippen LogP contribution in [0.25, 0.3) is 0 Å². The number of rotatable bonds is 7. The van der Waals surface area contributed by atoms with Crippen LogP contribution in [0, 0.1) is 0 Å². The second-order valence-corrected chi connectivity index (χ2v) is 4.81. The average Bonchev–Trinajstić information content (AvgIpc) is 2.11. The van der Waals surface area contributed by atoms with E-state index in [-0.39, 0.29) is 12.4 Å². The van der Waals surface area contributed by atoms with Gasteiger partial charge in [-0.3, -0.25) is 9.42 Å². The molecular weight excluding hydrogens is 249 g/mol. The smallest absolute Gasteiger partial charge is 0.407 e. The Balaban J connectivity index is 4.67. The number of nitrogens with zero attached hydrogens (tertiary/aromatic N) is 1. The Hall–Kier alpha value is -0.590. The zero-order chi connectivity index (χ0) is 13.6. The quantitative estimate of drug-likeness (QED) is 0.360. The van der Waals surface area contributed by atoms with Gasteiger partial charge in [-0.1, -0.05) is 0 Å². The molecule has 0 aromatic rings. The van der Waals surface area contributed by atoms with Crippen molar-refractivity contribution in [3.05, 3.63) is 12.0 Å². The molecule has 3 unspecified atom stereocenters. The highest BCUT2D eigenvalue weighted by Gasteiger charge is 2.22. The van der Waals surface area contributed by atoms with Gasteiger partial charge in [0, 0.05) is 6.20 Å². The largest absolute Gasteiger partial charge is 0.527 e. The molecule has 0 saturated heterocycles. The Bertz CT molecular complexity index is 296. The number of phosphoric ester groups is 1. The molecule has 0 aromatic heterocycles. The third-order valence-corrected chi connectivity index (χ3v) is 2.85. The van der Waals surface area contributed by atoms with Crippen LogP contribution in [0.4, 0.5) is 0 Å². The minimum absolute atomic E-state index is 0.0393. The monoisotopic (exact) mass is 269 g/mol. The van der Waals surface area contributed by atoms with E-state index in [1.165, 1.54) is 27.0 Å². The predicted molar refractivity (Wildman–Crippen MR) is 61.5 cm³/mol. The van der Waals surface area contributed by atoms with Crippen LogP contribution in [0.15, 0.2) is 12.0 Å². The summed E-state index contributed by atoms with van der Waals surface area (Å²) in [7, 11) is -4.12. The minimum atomic E-state index is -4.12. The standard InChI is InChI=1S/C9H20NO6P/c1-5-15-17(13,14)16-7(2)6-10(8(3)11)9(4)12/h6,8-9,11-12H,5H2,1-4H3,(H,13,14)/b7-6+. The van der Waals surface area contributed by atoms with E-state index >= 15 is 0 Å². The highest BCUT2D eigenvalue weighted by atomic mass is 31.2. The van der Waals surface area contributed by atoms with Gasteiger partial charge < -0.3 is 19.6 Å². The van der Waals surface area contributed by atoms with Crippen molar-refractivity contribution in [3.8, 4) is 0 Å². The fourth-order valence-electron chi connectivity index (χ4n) is 1.13. The van der Waals surface area contributed by atoms with Crippen LogP contribution in [0.2, 0.25) is 0 Å². The topological polar surface area (TPSA) is 99.5 Å². The van der Waals surface area contributed by atoms with E-state index in [2.05, 4.69) is 4.52 Å². The Morgan fingerprint density at radius 2 is 1.88 bits per heavy atom. The van der Waals surface area contributed by atoms with E-state index in [1.807, 2.05) is 0 Å². The fourth-order valence-corrected chi connectivity index (χ4v) is 1.92. The average molecular weight is 269 g/mol. The number of allylic oxidation sites excluding steroid dienone is 1. The summed E-state index contributed by atoms with van der Waals surface area (Å²) >= 11 is 0. The second-order valence-electron chi connectivity index (χ2n) is 3.43. The van der Waals surface area contributed by atoms with E-state index in [1.54, 1.807) is 6.92 Å². The van der Waals surface area contributed by atoms with E-state index in [9.17, 15) is 19.7 Å². The molecule has 0 aliphatic heterocycles. The van der Waals surface area contributed by atoms with Gasteiger partial charge >= 0.3 is 7.82 Å². The molecule has 0 radical (unpaired) electrons. The summed E-state index contributed by atoms with van der Waals surface area (Å²) in [6, 6.07) is 0. The van der Waals surface area contributed by atoms with Gasteiger partial charge in [-0.05, 0) is 27.7 Å². The molecule has 0 heterocycles. The second kappa shape index (κ2) is 6.98. The first kappa shape index (κ1) is 16.4. The molecule has 0 fully saturated rings. The Labute approximate surface area is 101 Å². The molecule has 0 aliphatic rings. The van der Waals surface area contributed by atoms with Crippen LogP contribution in [-0.2, 0) is 13.6 Å². The van der Waals surface area contributed by atoms with Gasteiger partial charge in [0.05, 0.1) is 6.61 Å². The van der Waals surface area contributed by atoms with Crippen molar-refractivity contribution in [2.75, 3.05) is 6.61 Å². The van der Waals surface area contributed by atoms with Gasteiger partial charge in [0.2, 0.25) is 0 Å². The summed E-state index contributed by atoms with van der Waals surface area (Å²) in [5.41, 5.74) is 0. The van der Waals surface area contributed by atoms with Crippen LogP contribution < -0.4 is 0 Å². The number of aliphatic hydroxyl groups excluding tert-OH is 2. The molecule has 0 saturated carbocycles. The summed E-state index contributed by atoms with van der Waals surface area (Å²) < 4.78 is 20.5. The Morgan fingerprint density at radius 1 is 1.41 bits per heavy atom. The summed E-state index contributed by atoms with van der Waals surface area (Å²) in [6.45, 7) is 5.90. The van der Waals surface area contributed by atoms with Crippen LogP contribution in [0.3, 0.4) is 0 Å². The fraction of sp³-hybridized carbons (Fsp3) is 0.778. The first-order valence-electron chi connectivity index (χ1n) is 5.18. The first-order chi connectivity index (χ1) is 7.69. The number of phosphoric acid groups is 1. The lowest BCUT2D eigenvalue weighted by Gasteiger charge is -2.27. The van der Waals surface area contributed by atoms with Crippen LogP contribution in [0.1, 0.15) is 27.7 Å². The molecule has 17 heavy (non-hydrogen) atoms. The van der Waals surface area contributed by atoms with Gasteiger partial charge in [0.15, 0.2) is 0 Å². The molecule has 0 amide bonds. The lowest BCUT2D eigenvalue weighted by molar-refractivity contribution is -0.0532. The zero-order valence-electron chi connectivity index (χ0n) is 10.4. The third kappa shape index (κ3) is 6.65. The zero-order valence-corrected chi connectivity index (χ0v) is 11.3. The number of hydrogen-bond acceptors (Lipinski definition) is 6. The van der Waals surface area contributed by atoms with Crippen molar-refractivity contribution < 1.29 is 28.7 Å². The van der Waals surface area contributed by atoms with E-state index < -0.39 is 20.3 Å². The van der Waals surface area contributed by atoms with Crippen molar-refractivity contribution in [2.24, 2.45) is 0 Å². The van der Waals surface area contributed by atoms with E-state index in [4.69, 9.17) is 4.52 Å². The molecule has 0 aliphatic carbocycles. The highest BCUT2D eigenvalue weighted by Crippen LogP contribution is 2.45. The summed E-state index contributed by atoms with van der Waals surface area (Å²) in [5, 5.41) is 18.7. The van der Waals surface area contributed by atoms with Gasteiger partial charge in [-0.15, -0.1) is 0 Å². The van der Waals surface area contributed by atoms with Gasteiger partial charge in [-0.2, -0.15) is 0 Å². The summed E-state index contributed by atoms with van der Waals surface area (Å²) in [5.74, 6) is 0.0473. The van der Waals surface area contributed by atoms with Crippen molar-refractivity contribution in [2.45, 2.75) is 40.2 Å². The van der Waals surface area contributed by atoms with Crippen molar-refractivity contribution in [3.63, 3.8) is 0 Å². The molecule has 7 nitrogen and oxygen atoms in total. The molecular formula is C9H20NO6P. The summed E-state index contributed by atoms with van der Waals surface area (Å²) in [4.78, 5) is 10.4. The maximum absolute atomic E-state index is 11.3. The maximum Gasteiger partial charge on any atom is 0.527 e. The molecule has 0 rings (SSSR count). The molecule has 0 aromatic carbocycles. The van der Waals surface area contributed by atoms with E-state index in [0.717, 1.165) is 4.90 Å². The molecule has 8 heteroatoms. The van der Waals surface area contributed by atoms with Crippen molar-refractivity contribution >= 4 is 7.82 Å². The minimum Gasteiger partial charge on any atom is -0.407 e. The molecule has 3 N–H and O–H groups in total. The lowest BCUT2D eigenvalue weighted by Crippen LogP contribution is -2.35. The Morgan fingerprint density at radius 3 is 2.24 bits per heavy atom. The van der Waals surface area contributed by atoms with Crippen LogP contribution >= 0.6 is 7.82 Å². The van der Waals surface area contributed by atoms with Crippen LogP contribution in [0.5, 0.6) is 0 Å². The van der Waals surface area contributed by atoms with E-state index in [0.29, 0.717) is 0 Å². The third-order valence-electron chi connectivity index (χ3n) is 1.75.